The van der Waals surface area contributed by atoms with Crippen LogP contribution in [0.2, 0.25) is 0 Å². The number of hydrogen-bond acceptors (Lipinski definition) is 5. The second kappa shape index (κ2) is 5.35. The molecule has 1 N–H and O–H groups in total. The summed E-state index contributed by atoms with van der Waals surface area (Å²) in [7, 11) is 1.02. The first-order valence-electron chi connectivity index (χ1n) is 4.65. The van der Waals surface area contributed by atoms with E-state index in [1.54, 1.807) is 0 Å². The van der Waals surface area contributed by atoms with E-state index >= 15 is 0 Å². The molecule has 6 nitrogen and oxygen atoms in total. The van der Waals surface area contributed by atoms with E-state index in [0.717, 1.165) is 12.1 Å². The number of nitro groups is 1. The van der Waals surface area contributed by atoms with Gasteiger partial charge in [-0.1, -0.05) is 17.9 Å². The molecule has 1 rings (SSSR count). The van der Waals surface area contributed by atoms with Crippen LogP contribution in [0.1, 0.15) is 12.5 Å². The molecule has 0 aliphatic rings. The Balaban J connectivity index is 3.62. The molecule has 8 heteroatoms. The lowest BCUT2D eigenvalue weighted by molar-refractivity contribution is -0.385. The van der Waals surface area contributed by atoms with Crippen LogP contribution < -0.4 is 0 Å². The molecule has 0 bridgehead atoms. The van der Waals surface area contributed by atoms with E-state index < -0.39 is 30.7 Å². The summed E-state index contributed by atoms with van der Waals surface area (Å²) in [6.45, 7) is 1.34. The first kappa shape index (κ1) is 14.4. The minimum absolute atomic E-state index is 0.335. The molecule has 0 heterocycles. The summed E-state index contributed by atoms with van der Waals surface area (Å²) in [6, 6.07) is 3.42. The fraction of sp³-hybridized carbons (Fsp3) is 0.200. The lowest BCUT2D eigenvalue weighted by atomic mass is 10.2. The number of halogens is 1. The lowest BCUT2D eigenvalue weighted by Crippen LogP contribution is -2.01. The van der Waals surface area contributed by atoms with Gasteiger partial charge in [-0.25, -0.2) is 8.42 Å². The van der Waals surface area contributed by atoms with Gasteiger partial charge in [0.15, 0.2) is 0 Å². The Morgan fingerprint density at radius 1 is 1.50 bits per heavy atom. The zero-order valence-corrected chi connectivity index (χ0v) is 10.7. The summed E-state index contributed by atoms with van der Waals surface area (Å²) in [4.78, 5) is 9.56. The van der Waals surface area contributed by atoms with Gasteiger partial charge < -0.3 is 5.11 Å². The quantitative estimate of drug-likeness (QED) is 0.382. The molecule has 0 aromatic heterocycles. The molecule has 0 saturated carbocycles. The van der Waals surface area contributed by atoms with Crippen molar-refractivity contribution in [3.05, 3.63) is 33.9 Å². The van der Waals surface area contributed by atoms with Crippen LogP contribution in [-0.2, 0) is 9.05 Å². The van der Waals surface area contributed by atoms with Gasteiger partial charge in [0.1, 0.15) is 16.6 Å². The lowest BCUT2D eigenvalue weighted by Gasteiger charge is -2.01. The van der Waals surface area contributed by atoms with Crippen LogP contribution in [0, 0.1) is 22.0 Å². The van der Waals surface area contributed by atoms with Gasteiger partial charge in [0.25, 0.3) is 14.7 Å². The molecule has 0 aliphatic heterocycles. The van der Waals surface area contributed by atoms with Crippen molar-refractivity contribution in [1.82, 2.24) is 0 Å². The van der Waals surface area contributed by atoms with Gasteiger partial charge in [0.2, 0.25) is 0 Å². The summed E-state index contributed by atoms with van der Waals surface area (Å²) in [5.74, 6) is 4.51. The highest BCUT2D eigenvalue weighted by Crippen LogP contribution is 2.27. The van der Waals surface area contributed by atoms with Crippen molar-refractivity contribution in [3.8, 4) is 11.8 Å². The van der Waals surface area contributed by atoms with Gasteiger partial charge in [0, 0.05) is 16.7 Å². The molecule has 0 amide bonds. The van der Waals surface area contributed by atoms with E-state index in [1.807, 2.05) is 0 Å². The Kier molecular flexibility index (Phi) is 4.29. The minimum atomic E-state index is -4.15. The van der Waals surface area contributed by atoms with Gasteiger partial charge in [0.05, 0.1) is 4.92 Å². The number of nitro benzene ring substituents is 1. The average Bonchev–Trinajstić information content (AvgIpc) is 2.24. The molecule has 1 aromatic carbocycles. The third-order valence-electron chi connectivity index (χ3n) is 1.87. The van der Waals surface area contributed by atoms with E-state index in [9.17, 15) is 18.5 Å². The minimum Gasteiger partial charge on any atom is -0.381 e. The van der Waals surface area contributed by atoms with Gasteiger partial charge in [-0.2, -0.15) is 0 Å². The highest BCUT2D eigenvalue weighted by atomic mass is 35.7. The molecule has 18 heavy (non-hydrogen) atoms. The monoisotopic (exact) mass is 289 g/mol. The molecule has 0 unspecified atom stereocenters. The number of benzene rings is 1. The summed E-state index contributed by atoms with van der Waals surface area (Å²) in [5, 5.41) is 19.8. The molecule has 1 aromatic rings. The van der Waals surface area contributed by atoms with Crippen molar-refractivity contribution in [2.75, 3.05) is 0 Å². The summed E-state index contributed by atoms with van der Waals surface area (Å²) < 4.78 is 22.6. The molecule has 1 atom stereocenters. The molecule has 96 valence electrons. The molecule has 0 aliphatic carbocycles. The Labute approximate surface area is 108 Å². The first-order chi connectivity index (χ1) is 8.23. The average molecular weight is 290 g/mol. The third kappa shape index (κ3) is 3.43. The van der Waals surface area contributed by atoms with Crippen molar-refractivity contribution in [3.63, 3.8) is 0 Å². The van der Waals surface area contributed by atoms with Crippen LogP contribution in [0.4, 0.5) is 5.69 Å². The van der Waals surface area contributed by atoms with Crippen LogP contribution in [0.15, 0.2) is 23.1 Å². The molecule has 0 spiro atoms. The largest absolute Gasteiger partial charge is 0.381 e. The fourth-order valence-corrected chi connectivity index (χ4v) is 2.20. The Morgan fingerprint density at radius 2 is 2.11 bits per heavy atom. The number of aliphatic hydroxyl groups excluding tert-OH is 1. The van der Waals surface area contributed by atoms with E-state index in [0.29, 0.717) is 0 Å². The zero-order valence-electron chi connectivity index (χ0n) is 9.12. The van der Waals surface area contributed by atoms with E-state index in [2.05, 4.69) is 11.8 Å². The van der Waals surface area contributed by atoms with Crippen LogP contribution in [0.5, 0.6) is 0 Å². The van der Waals surface area contributed by atoms with Gasteiger partial charge >= 0.3 is 0 Å². The summed E-state index contributed by atoms with van der Waals surface area (Å²) >= 11 is 0. The van der Waals surface area contributed by atoms with Crippen LogP contribution in [0.25, 0.3) is 0 Å². The summed E-state index contributed by atoms with van der Waals surface area (Å²) in [6.07, 6.45) is -1.05. The summed E-state index contributed by atoms with van der Waals surface area (Å²) in [5.41, 5.74) is -0.816. The van der Waals surface area contributed by atoms with Crippen LogP contribution in [0.3, 0.4) is 0 Å². The molecular formula is C10H8ClNO5S. The van der Waals surface area contributed by atoms with Gasteiger partial charge in [-0.05, 0) is 13.0 Å². The van der Waals surface area contributed by atoms with Gasteiger partial charge in [-0.3, -0.25) is 10.1 Å². The Morgan fingerprint density at radius 3 is 2.56 bits per heavy atom. The Bertz CT molecular complexity index is 642. The first-order valence-corrected chi connectivity index (χ1v) is 6.96. The fourth-order valence-electron chi connectivity index (χ4n) is 1.18. The molecular weight excluding hydrogens is 282 g/mol. The van der Waals surface area contributed by atoms with Crippen molar-refractivity contribution >= 4 is 25.4 Å². The number of rotatable bonds is 2. The van der Waals surface area contributed by atoms with Crippen molar-refractivity contribution in [2.45, 2.75) is 17.9 Å². The molecule has 0 radical (unpaired) electrons. The normalized spacial score (nSPS) is 12.4. The predicted molar refractivity (Wildman–Crippen MR) is 64.7 cm³/mol. The van der Waals surface area contributed by atoms with E-state index in [1.165, 1.54) is 13.0 Å². The second-order valence-corrected chi connectivity index (χ2v) is 5.82. The highest BCUT2D eigenvalue weighted by molar-refractivity contribution is 8.13. The predicted octanol–water partition coefficient (Wildman–Crippen LogP) is 1.25. The van der Waals surface area contributed by atoms with Gasteiger partial charge in [-0.15, -0.1) is 0 Å². The number of hydrogen-bond donors (Lipinski definition) is 1. The van der Waals surface area contributed by atoms with Crippen molar-refractivity contribution in [1.29, 1.82) is 0 Å². The second-order valence-electron chi connectivity index (χ2n) is 3.29. The maximum absolute atomic E-state index is 11.3. The van der Waals surface area contributed by atoms with Crippen LogP contribution in [-0.4, -0.2) is 24.6 Å². The van der Waals surface area contributed by atoms with Crippen molar-refractivity contribution < 1.29 is 18.4 Å². The van der Waals surface area contributed by atoms with E-state index in [-0.39, 0.29) is 5.56 Å². The zero-order chi connectivity index (χ0) is 13.9. The standard InChI is InChI=1S/C10H8ClNO5S/c1-7(13)5-6-8-9(12(14)15)3-2-4-10(8)18(11,16)17/h2-4,7,13H,1H3/t7-/m0/s1. The topological polar surface area (TPSA) is 97.5 Å². The number of aliphatic hydroxyl groups is 1. The maximum Gasteiger partial charge on any atom is 0.286 e. The smallest absolute Gasteiger partial charge is 0.286 e. The van der Waals surface area contributed by atoms with Crippen molar-refractivity contribution in [2.24, 2.45) is 0 Å². The Hall–Kier alpha value is -1.62. The van der Waals surface area contributed by atoms with Crippen LogP contribution >= 0.6 is 10.7 Å². The maximum atomic E-state index is 11.3. The highest BCUT2D eigenvalue weighted by Gasteiger charge is 2.23. The van der Waals surface area contributed by atoms with E-state index in [4.69, 9.17) is 15.8 Å². The number of nitrogens with zero attached hydrogens (tertiary/aromatic N) is 1. The molecule has 0 saturated heterocycles. The SMILES string of the molecule is C[C@H](O)C#Cc1c([N+](=O)[O-])cccc1S(=O)(=O)Cl. The molecule has 0 fully saturated rings. The third-order valence-corrected chi connectivity index (χ3v) is 3.23.